The smallest absolute Gasteiger partial charge is 0.459 e. The van der Waals surface area contributed by atoms with Crippen LogP contribution in [-0.2, 0) is 18.6 Å². The van der Waals surface area contributed by atoms with Crippen LogP contribution < -0.4 is 21.1 Å². The maximum absolute atomic E-state index is 13.6. The number of halogens is 3. The summed E-state index contributed by atoms with van der Waals surface area (Å²) >= 11 is 15.4. The lowest BCUT2D eigenvalue weighted by atomic mass is 10.1. The molecule has 0 fully saturated rings. The fourth-order valence-electron chi connectivity index (χ4n) is 5.84. The summed E-state index contributed by atoms with van der Waals surface area (Å²) in [5, 5.41) is 12.2. The molecule has 0 saturated carbocycles. The first-order valence-corrected chi connectivity index (χ1v) is 19.3. The Hall–Kier alpha value is -4.16. The van der Waals surface area contributed by atoms with E-state index in [4.69, 9.17) is 53.6 Å². The quantitative estimate of drug-likeness (QED) is 0.0559. The Kier molecular flexibility index (Phi) is 12.0. The lowest BCUT2D eigenvalue weighted by Gasteiger charge is -2.24. The topological polar surface area (TPSA) is 233 Å². The van der Waals surface area contributed by atoms with Crippen molar-refractivity contribution >= 4 is 87.1 Å². The van der Waals surface area contributed by atoms with E-state index in [0.717, 1.165) is 10.9 Å². The van der Waals surface area contributed by atoms with Gasteiger partial charge in [-0.3, -0.25) is 9.32 Å². The molecule has 2 aliphatic carbocycles. The molecule has 4 aromatic heterocycles. The van der Waals surface area contributed by atoms with Gasteiger partial charge in [0.2, 0.25) is 11.9 Å². The zero-order chi connectivity index (χ0) is 37.9. The molecule has 5 aromatic rings. The monoisotopic (exact) mass is 849 g/mol. The summed E-state index contributed by atoms with van der Waals surface area (Å²) in [6.07, 6.45) is 12.7. The Morgan fingerprint density at radius 2 is 1.47 bits per heavy atom. The van der Waals surface area contributed by atoms with E-state index in [2.05, 4.69) is 50.9 Å². The van der Waals surface area contributed by atoms with Crippen molar-refractivity contribution in [1.29, 1.82) is 0 Å². The molecule has 6 N–H and O–H groups in total. The lowest BCUT2D eigenvalue weighted by Crippen LogP contribution is -2.34. The number of aromatic nitrogens is 8. The Labute approximate surface area is 321 Å². The number of benzene rings is 1. The van der Waals surface area contributed by atoms with E-state index in [1.807, 2.05) is 33.4 Å². The van der Waals surface area contributed by atoms with E-state index in [1.54, 1.807) is 36.9 Å². The minimum absolute atomic E-state index is 0.0583. The number of rotatable bonds is 11. The van der Waals surface area contributed by atoms with Crippen molar-refractivity contribution in [3.8, 4) is 5.75 Å². The molecular weight excluding hydrogens is 816 g/mol. The van der Waals surface area contributed by atoms with Crippen LogP contribution in [0.1, 0.15) is 31.8 Å². The Balaban J connectivity index is 0.000000222. The molecule has 0 aliphatic heterocycles. The van der Waals surface area contributed by atoms with Crippen LogP contribution in [0.2, 0.25) is 10.3 Å². The molecule has 17 nitrogen and oxygen atoms in total. The highest BCUT2D eigenvalue weighted by atomic mass is 79.9. The summed E-state index contributed by atoms with van der Waals surface area (Å²) in [5.41, 5.74) is 13.5. The first kappa shape index (κ1) is 38.6. The van der Waals surface area contributed by atoms with E-state index >= 15 is 0 Å². The van der Waals surface area contributed by atoms with Crippen molar-refractivity contribution in [1.82, 2.24) is 44.1 Å². The van der Waals surface area contributed by atoms with E-state index in [-0.39, 0.29) is 59.3 Å². The minimum atomic E-state index is -3.94. The number of aliphatic hydroxyl groups excluding tert-OH is 1. The van der Waals surface area contributed by atoms with Gasteiger partial charge in [-0.05, 0) is 44.0 Å². The van der Waals surface area contributed by atoms with Crippen LogP contribution in [0.3, 0.4) is 0 Å². The van der Waals surface area contributed by atoms with Crippen LogP contribution in [0.25, 0.3) is 22.3 Å². The molecule has 0 radical (unpaired) electrons. The molecule has 1 unspecified atom stereocenters. The van der Waals surface area contributed by atoms with Crippen molar-refractivity contribution in [2.24, 2.45) is 11.8 Å². The Morgan fingerprint density at radius 3 is 1.98 bits per heavy atom. The first-order chi connectivity index (χ1) is 25.4. The van der Waals surface area contributed by atoms with Crippen LogP contribution >= 0.6 is 46.9 Å². The number of carbonyl (C=O) groups excluding carboxylic acids is 1. The molecule has 7 rings (SSSR count). The molecule has 4 heterocycles. The number of aliphatic hydroxyl groups is 1. The number of methoxy groups -OCH3 is 1. The molecule has 0 amide bonds. The van der Waals surface area contributed by atoms with Gasteiger partial charge in [-0.25, -0.2) is 14.5 Å². The number of imidazole rings is 2. The Bertz CT molecular complexity index is 2220. The number of esters is 1. The van der Waals surface area contributed by atoms with E-state index < -0.39 is 19.8 Å². The second-order valence-electron chi connectivity index (χ2n) is 12.2. The second kappa shape index (κ2) is 16.5. The highest BCUT2D eigenvalue weighted by Crippen LogP contribution is 2.46. The van der Waals surface area contributed by atoms with Gasteiger partial charge in [0.15, 0.2) is 21.6 Å². The number of nitrogens with two attached hydrogens (primary N) is 2. The third-order valence-corrected chi connectivity index (χ3v) is 11.1. The molecule has 53 heavy (non-hydrogen) atoms. The molecular formula is C32H35BrCl2N11O6P. The number of nitrogen functional groups attached to an aromatic ring is 2. The van der Waals surface area contributed by atoms with Gasteiger partial charge in [0.1, 0.15) is 22.8 Å². The lowest BCUT2D eigenvalue weighted by molar-refractivity contribution is -0.142. The van der Waals surface area contributed by atoms with Crippen molar-refractivity contribution < 1.29 is 28.3 Å². The van der Waals surface area contributed by atoms with E-state index in [9.17, 15) is 9.36 Å². The van der Waals surface area contributed by atoms with Crippen LogP contribution in [0.4, 0.5) is 11.9 Å². The van der Waals surface area contributed by atoms with E-state index in [0.29, 0.717) is 34.5 Å². The molecule has 0 bridgehead atoms. The number of anilines is 2. The zero-order valence-electron chi connectivity index (χ0n) is 28.3. The normalized spacial score (nSPS) is 21.0. The fourth-order valence-corrected chi connectivity index (χ4v) is 8.09. The predicted molar refractivity (Wildman–Crippen MR) is 202 cm³/mol. The van der Waals surface area contributed by atoms with Gasteiger partial charge in [-0.15, -0.1) is 0 Å². The van der Waals surface area contributed by atoms with Gasteiger partial charge in [-0.1, -0.05) is 63.4 Å². The number of nitrogens with zero attached hydrogens (tertiary/aromatic N) is 8. The summed E-state index contributed by atoms with van der Waals surface area (Å²) in [7, 11) is -2.69. The minimum Gasteiger partial charge on any atom is -0.468 e. The summed E-state index contributed by atoms with van der Waals surface area (Å²) in [6.45, 7) is 1.74. The molecule has 6 atom stereocenters. The van der Waals surface area contributed by atoms with Gasteiger partial charge in [0, 0.05) is 22.9 Å². The molecule has 21 heteroatoms. The van der Waals surface area contributed by atoms with Crippen LogP contribution in [0, 0.1) is 11.8 Å². The maximum atomic E-state index is 13.6. The number of allylic oxidation sites excluding steroid dienone is 2. The summed E-state index contributed by atoms with van der Waals surface area (Å²) in [5.74, 6) is 0.00473. The van der Waals surface area contributed by atoms with Crippen molar-refractivity contribution in [2.75, 3.05) is 31.8 Å². The third kappa shape index (κ3) is 8.97. The molecule has 2 aliphatic rings. The third-order valence-electron chi connectivity index (χ3n) is 8.45. The fraction of sp³-hybridized carbons (Fsp3) is 0.344. The number of ether oxygens (including phenoxy) is 1. The SMILES string of the molecule is COC(=O)[C@H](C)NP(=O)(OC[C@@H]1C=C[C@H](n2cnc3c(Cl)nc(N)nc32)C1)Oc1ccc(Br)cc1.Nc1nc(Cl)c2ncn([C@H]3C=C[C@@H](CO)C3)c2n1. The first-order valence-electron chi connectivity index (χ1n) is 16.2. The summed E-state index contributed by atoms with van der Waals surface area (Å²) in [6, 6.07) is 5.88. The summed E-state index contributed by atoms with van der Waals surface area (Å²) < 4.78 is 34.3. The molecule has 0 spiro atoms. The highest BCUT2D eigenvalue weighted by Gasteiger charge is 2.34. The predicted octanol–water partition coefficient (Wildman–Crippen LogP) is 5.47. The van der Waals surface area contributed by atoms with Gasteiger partial charge in [0.05, 0.1) is 38.5 Å². The number of nitrogens with one attached hydrogen (secondary N) is 1. The van der Waals surface area contributed by atoms with Gasteiger partial charge >= 0.3 is 13.7 Å². The van der Waals surface area contributed by atoms with Crippen LogP contribution in [0.5, 0.6) is 5.75 Å². The number of fused-ring (bicyclic) bond motifs is 2. The maximum Gasteiger partial charge on any atom is 0.459 e. The molecule has 0 saturated heterocycles. The van der Waals surface area contributed by atoms with Crippen molar-refractivity contribution in [3.63, 3.8) is 0 Å². The van der Waals surface area contributed by atoms with Crippen LogP contribution in [0.15, 0.2) is 65.7 Å². The molecule has 1 aromatic carbocycles. The zero-order valence-corrected chi connectivity index (χ0v) is 32.3. The van der Waals surface area contributed by atoms with Crippen LogP contribution in [-0.4, -0.2) is 76.5 Å². The van der Waals surface area contributed by atoms with E-state index in [1.165, 1.54) is 14.0 Å². The highest BCUT2D eigenvalue weighted by molar-refractivity contribution is 9.10. The Morgan fingerprint density at radius 1 is 0.943 bits per heavy atom. The van der Waals surface area contributed by atoms with Crippen molar-refractivity contribution in [2.45, 2.75) is 37.9 Å². The molecule has 280 valence electrons. The number of hydrogen-bond acceptors (Lipinski definition) is 14. The second-order valence-corrected chi connectivity index (χ2v) is 15.5. The average Bonchev–Trinajstić information content (AvgIpc) is 3.94. The van der Waals surface area contributed by atoms with Gasteiger partial charge in [0.25, 0.3) is 0 Å². The average molecular weight is 851 g/mol. The van der Waals surface area contributed by atoms with Gasteiger partial charge < -0.3 is 35.0 Å². The van der Waals surface area contributed by atoms with Gasteiger partial charge in [-0.2, -0.15) is 25.0 Å². The number of hydrogen-bond donors (Lipinski definition) is 4. The summed E-state index contributed by atoms with van der Waals surface area (Å²) in [4.78, 5) is 36.6. The standard InChI is InChI=1S/C21H23BrClN6O5P.C11H12ClN5O/c1-12(20(30)32-2)28-35(31,34-16-7-4-14(22)5-8-16)33-10-13-3-6-15(9-13)29-11-25-17-18(23)26-21(24)27-19(17)29;12-9-8-10(16-11(13)15-9)17(5-14-8)7-2-1-6(3-7)4-18/h3-8,11-13,15H,9-10H2,1-2H3,(H,28,31)(H2,24,26,27);1-2,5-7,18H,3-4H2,(H2,13,15,16)/t12-,13+,15-,35?;6-,7+/m01/s1. The number of carbonyl (C=O) groups is 1. The van der Waals surface area contributed by atoms with Crippen molar-refractivity contribution in [3.05, 3.63) is 76.0 Å². The largest absolute Gasteiger partial charge is 0.468 e.